The molecule has 32 heavy (non-hydrogen) atoms. The quantitative estimate of drug-likeness (QED) is 0.277. The Bertz CT molecular complexity index is 1320. The molecule has 0 heterocycles. The second-order valence-corrected chi connectivity index (χ2v) is 8.44. The molecule has 154 valence electrons. The van der Waals surface area contributed by atoms with E-state index in [1.54, 1.807) is 0 Å². The molecule has 0 aliphatic heterocycles. The fraction of sp³-hybridized carbons (Fsp3) is 0.0625. The van der Waals surface area contributed by atoms with Crippen molar-refractivity contribution in [3.05, 3.63) is 132 Å². The molecule has 0 bridgehead atoms. The first-order valence-electron chi connectivity index (χ1n) is 11.1. The summed E-state index contributed by atoms with van der Waals surface area (Å²) in [4.78, 5) is 0. The van der Waals surface area contributed by atoms with Gasteiger partial charge in [0.25, 0.3) is 0 Å². The minimum atomic E-state index is 1.23. The van der Waals surface area contributed by atoms with E-state index in [2.05, 4.69) is 135 Å². The van der Waals surface area contributed by atoms with Crippen molar-refractivity contribution in [1.82, 2.24) is 0 Å². The van der Waals surface area contributed by atoms with Gasteiger partial charge in [0.05, 0.1) is 0 Å². The molecule has 0 nitrogen and oxygen atoms in total. The van der Waals surface area contributed by atoms with Crippen LogP contribution in [0.5, 0.6) is 0 Å². The molecule has 0 aliphatic rings. The number of benzene rings is 5. The molecule has 0 fully saturated rings. The van der Waals surface area contributed by atoms with Gasteiger partial charge in [-0.1, -0.05) is 126 Å². The molecule has 0 spiro atoms. The Morgan fingerprint density at radius 3 is 1.34 bits per heavy atom. The molecule has 0 heteroatoms. The van der Waals surface area contributed by atoms with Gasteiger partial charge in [-0.15, -0.1) is 0 Å². The average Bonchev–Trinajstić information content (AvgIpc) is 2.85. The summed E-state index contributed by atoms with van der Waals surface area (Å²) < 4.78 is 0. The Morgan fingerprint density at radius 1 is 0.312 bits per heavy atom. The topological polar surface area (TPSA) is 0 Å². The van der Waals surface area contributed by atoms with Crippen molar-refractivity contribution in [2.45, 2.75) is 13.8 Å². The Kier molecular flexibility index (Phi) is 5.44. The zero-order valence-electron chi connectivity index (χ0n) is 18.5. The average molecular weight is 411 g/mol. The minimum Gasteiger partial charge on any atom is -0.0622 e. The van der Waals surface area contributed by atoms with Crippen molar-refractivity contribution in [2.24, 2.45) is 0 Å². The van der Waals surface area contributed by atoms with E-state index in [0.717, 1.165) is 0 Å². The van der Waals surface area contributed by atoms with Crippen molar-refractivity contribution >= 4 is 0 Å². The lowest BCUT2D eigenvalue weighted by Crippen LogP contribution is -1.89. The highest BCUT2D eigenvalue weighted by Crippen LogP contribution is 2.36. The van der Waals surface area contributed by atoms with Gasteiger partial charge >= 0.3 is 0 Å². The molecule has 5 rings (SSSR count). The van der Waals surface area contributed by atoms with Gasteiger partial charge in [-0.2, -0.15) is 0 Å². The van der Waals surface area contributed by atoms with E-state index in [0.29, 0.717) is 0 Å². The third kappa shape index (κ3) is 4.13. The van der Waals surface area contributed by atoms with Gasteiger partial charge in [0.2, 0.25) is 0 Å². The second kappa shape index (κ2) is 8.69. The molecule has 0 radical (unpaired) electrons. The summed E-state index contributed by atoms with van der Waals surface area (Å²) in [6, 6.07) is 43.9. The van der Waals surface area contributed by atoms with Gasteiger partial charge in [-0.25, -0.2) is 0 Å². The van der Waals surface area contributed by atoms with E-state index in [9.17, 15) is 0 Å². The van der Waals surface area contributed by atoms with Gasteiger partial charge in [-0.3, -0.25) is 0 Å². The summed E-state index contributed by atoms with van der Waals surface area (Å²) in [5.74, 6) is 0. The van der Waals surface area contributed by atoms with Gasteiger partial charge in [-0.05, 0) is 64.4 Å². The zero-order valence-corrected chi connectivity index (χ0v) is 18.5. The molecule has 0 N–H and O–H groups in total. The third-order valence-electron chi connectivity index (χ3n) is 6.07. The van der Waals surface area contributed by atoms with Gasteiger partial charge in [0.1, 0.15) is 0 Å². The summed E-state index contributed by atoms with van der Waals surface area (Å²) in [6.07, 6.45) is 0. The van der Waals surface area contributed by atoms with Crippen LogP contribution in [-0.4, -0.2) is 0 Å². The van der Waals surface area contributed by atoms with Crippen molar-refractivity contribution in [3.63, 3.8) is 0 Å². The summed E-state index contributed by atoms with van der Waals surface area (Å²) in [5, 5.41) is 0. The van der Waals surface area contributed by atoms with E-state index in [1.807, 2.05) is 0 Å². The third-order valence-corrected chi connectivity index (χ3v) is 6.07. The Hall–Kier alpha value is -3.90. The van der Waals surface area contributed by atoms with Crippen molar-refractivity contribution in [2.75, 3.05) is 0 Å². The number of rotatable bonds is 4. The van der Waals surface area contributed by atoms with Crippen molar-refractivity contribution in [1.29, 1.82) is 0 Å². The summed E-state index contributed by atoms with van der Waals surface area (Å²) in [6.45, 7) is 4.26. The Labute approximate surface area is 190 Å². The van der Waals surface area contributed by atoms with Gasteiger partial charge in [0.15, 0.2) is 0 Å². The van der Waals surface area contributed by atoms with E-state index in [-0.39, 0.29) is 0 Å². The fourth-order valence-corrected chi connectivity index (χ4v) is 4.17. The Balaban J connectivity index is 1.62. The summed E-state index contributed by atoms with van der Waals surface area (Å²) in [7, 11) is 0. The molecule has 0 saturated carbocycles. The second-order valence-electron chi connectivity index (χ2n) is 8.44. The molecular formula is C32H26. The lowest BCUT2D eigenvalue weighted by atomic mass is 9.90. The predicted molar refractivity (Wildman–Crippen MR) is 138 cm³/mol. The number of aryl methyl sites for hydroxylation is 2. The van der Waals surface area contributed by atoms with E-state index in [1.165, 1.54) is 55.6 Å². The molecule has 0 saturated heterocycles. The lowest BCUT2D eigenvalue weighted by Gasteiger charge is -2.14. The largest absolute Gasteiger partial charge is 0.0622 e. The molecule has 5 aromatic rings. The van der Waals surface area contributed by atoms with E-state index in [4.69, 9.17) is 0 Å². The van der Waals surface area contributed by atoms with Crippen LogP contribution in [0.4, 0.5) is 0 Å². The van der Waals surface area contributed by atoms with Crippen LogP contribution >= 0.6 is 0 Å². The fourth-order valence-electron chi connectivity index (χ4n) is 4.17. The molecule has 0 unspecified atom stereocenters. The lowest BCUT2D eigenvalue weighted by molar-refractivity contribution is 1.46. The van der Waals surface area contributed by atoms with Crippen molar-refractivity contribution < 1.29 is 0 Å². The highest BCUT2D eigenvalue weighted by molar-refractivity contribution is 5.87. The predicted octanol–water partition coefficient (Wildman–Crippen LogP) is 8.97. The van der Waals surface area contributed by atoms with Crippen LogP contribution in [-0.2, 0) is 0 Å². The first-order chi connectivity index (χ1) is 15.7. The standard InChI is InChI=1S/C32H26/c1-23-8-12-27(13-9-23)30-20-21-31(28-14-10-24(2)11-15-28)32(22-30)29-18-16-26(17-19-29)25-6-4-3-5-7-25/h3-22H,1-2H3. The molecule has 0 aromatic heterocycles. The SMILES string of the molecule is Cc1ccc(-c2ccc(-c3ccc(C)cc3)c(-c3ccc(-c4ccccc4)cc3)c2)cc1. The monoisotopic (exact) mass is 410 g/mol. The molecule has 0 atom stereocenters. The normalized spacial score (nSPS) is 10.8. The minimum absolute atomic E-state index is 1.23. The van der Waals surface area contributed by atoms with Gasteiger partial charge < -0.3 is 0 Å². The van der Waals surface area contributed by atoms with Crippen LogP contribution in [0.2, 0.25) is 0 Å². The van der Waals surface area contributed by atoms with Crippen LogP contribution in [0.1, 0.15) is 11.1 Å². The maximum Gasteiger partial charge on any atom is -0.00992 e. The van der Waals surface area contributed by atoms with Crippen LogP contribution in [0.15, 0.2) is 121 Å². The van der Waals surface area contributed by atoms with E-state index >= 15 is 0 Å². The molecular weight excluding hydrogens is 384 g/mol. The summed E-state index contributed by atoms with van der Waals surface area (Å²) in [5.41, 5.74) is 12.5. The highest BCUT2D eigenvalue weighted by Gasteiger charge is 2.11. The molecule has 0 aliphatic carbocycles. The summed E-state index contributed by atoms with van der Waals surface area (Å²) >= 11 is 0. The maximum absolute atomic E-state index is 2.33. The highest BCUT2D eigenvalue weighted by atomic mass is 14.1. The number of hydrogen-bond donors (Lipinski definition) is 0. The molecule has 5 aromatic carbocycles. The van der Waals surface area contributed by atoms with Crippen molar-refractivity contribution in [3.8, 4) is 44.5 Å². The van der Waals surface area contributed by atoms with Gasteiger partial charge in [0, 0.05) is 0 Å². The number of hydrogen-bond acceptors (Lipinski definition) is 0. The maximum atomic E-state index is 2.33. The first kappa shape index (κ1) is 20.0. The van der Waals surface area contributed by atoms with Crippen LogP contribution in [0, 0.1) is 13.8 Å². The smallest absolute Gasteiger partial charge is 0.00992 e. The first-order valence-corrected chi connectivity index (χ1v) is 11.1. The Morgan fingerprint density at radius 2 is 0.719 bits per heavy atom. The zero-order chi connectivity index (χ0) is 21.9. The van der Waals surface area contributed by atoms with Crippen LogP contribution in [0.25, 0.3) is 44.5 Å². The molecule has 0 amide bonds. The van der Waals surface area contributed by atoms with Crippen LogP contribution < -0.4 is 0 Å². The van der Waals surface area contributed by atoms with Crippen LogP contribution in [0.3, 0.4) is 0 Å². The van der Waals surface area contributed by atoms with E-state index < -0.39 is 0 Å².